The Balaban J connectivity index is 1.19. The number of aliphatic hydroxyl groups excluding tert-OH is 1. The van der Waals surface area contributed by atoms with Gasteiger partial charge >= 0.3 is 0 Å². The number of benzene rings is 1. The van der Waals surface area contributed by atoms with E-state index in [2.05, 4.69) is 67.4 Å². The number of fused-ring (bicyclic) bond motifs is 6. The Morgan fingerprint density at radius 2 is 1.95 bits per heavy atom. The fourth-order valence-corrected chi connectivity index (χ4v) is 7.06. The summed E-state index contributed by atoms with van der Waals surface area (Å²) in [5.74, 6) is -0.0770. The van der Waals surface area contributed by atoms with E-state index < -0.39 is 5.60 Å². The van der Waals surface area contributed by atoms with Gasteiger partial charge < -0.3 is 25.3 Å². The number of aliphatic hydroxyl groups is 2. The van der Waals surface area contributed by atoms with Crippen molar-refractivity contribution < 1.29 is 15.0 Å². The summed E-state index contributed by atoms with van der Waals surface area (Å²) in [4.78, 5) is 18.3. The van der Waals surface area contributed by atoms with Crippen LogP contribution in [0.1, 0.15) is 44.6 Å². The molecular formula is C29H46N8O3. The van der Waals surface area contributed by atoms with E-state index in [1.807, 2.05) is 18.0 Å². The molecule has 11 nitrogen and oxygen atoms in total. The van der Waals surface area contributed by atoms with Crippen molar-refractivity contribution in [1.82, 2.24) is 30.9 Å². The van der Waals surface area contributed by atoms with Crippen molar-refractivity contribution in [3.63, 3.8) is 0 Å². The van der Waals surface area contributed by atoms with Crippen LogP contribution < -0.4 is 26.2 Å². The lowest BCUT2D eigenvalue weighted by Crippen LogP contribution is -2.69. The van der Waals surface area contributed by atoms with E-state index in [1.54, 1.807) is 0 Å². The molecule has 0 aliphatic carbocycles. The maximum Gasteiger partial charge on any atom is 0.244 e. The summed E-state index contributed by atoms with van der Waals surface area (Å²) in [5.41, 5.74) is 2.12. The van der Waals surface area contributed by atoms with Crippen LogP contribution in [-0.2, 0) is 11.4 Å². The van der Waals surface area contributed by atoms with Gasteiger partial charge in [-0.25, -0.2) is 0 Å². The molecule has 2 bridgehead atoms. The number of carbonyl (C=O) groups excluding carboxylic acids is 1. The Morgan fingerprint density at radius 1 is 1.12 bits per heavy atom. The minimum Gasteiger partial charge on any atom is -0.392 e. The number of amides is 1. The zero-order valence-electron chi connectivity index (χ0n) is 23.9. The molecule has 6 rings (SSSR count). The van der Waals surface area contributed by atoms with Crippen molar-refractivity contribution in [2.75, 3.05) is 56.5 Å². The molecule has 6 atom stereocenters. The largest absolute Gasteiger partial charge is 0.392 e. The summed E-state index contributed by atoms with van der Waals surface area (Å²) >= 11 is 0. The second-order valence-corrected chi connectivity index (χ2v) is 12.3. The number of carbonyl (C=O) groups is 1. The van der Waals surface area contributed by atoms with Crippen LogP contribution in [0.2, 0.25) is 0 Å². The Kier molecular flexibility index (Phi) is 8.06. The molecule has 0 aromatic heterocycles. The molecular weight excluding hydrogens is 508 g/mol. The standard InChI is InChI=1S/C29H46N8O3/c1-29(40)11-4-3-5-12-36-27(39)22-18-30-28(33-26(22)37(36)25-8-6-7-24(29)32-25)31-21-9-10-23(20(17-21)19-38)35-15-13-34(2)14-16-35/h3,5,9-10,17,22,24-26,28,30-33,38,40H,4,6-8,11-16,18-19H2,1-2H3/b5-3-/t22?,24?,25?,26?,28?,29-/m1/s1. The number of piperazine rings is 1. The molecule has 0 radical (unpaired) electrons. The molecule has 1 amide bonds. The fraction of sp³-hybridized carbons (Fsp3) is 0.690. The van der Waals surface area contributed by atoms with Crippen LogP contribution in [0, 0.1) is 5.92 Å². The molecule has 4 fully saturated rings. The fourth-order valence-electron chi connectivity index (χ4n) is 7.06. The van der Waals surface area contributed by atoms with Crippen LogP contribution >= 0.6 is 0 Å². The molecule has 5 aliphatic rings. The number of piperidine rings is 1. The minimum atomic E-state index is -0.798. The number of hydrogen-bond donors (Lipinski definition) is 6. The lowest BCUT2D eigenvalue weighted by molar-refractivity contribution is -0.146. The van der Waals surface area contributed by atoms with Crippen LogP contribution in [0.4, 0.5) is 11.4 Å². The number of allylic oxidation sites excluding steroid dienone is 1. The second kappa shape index (κ2) is 11.6. The van der Waals surface area contributed by atoms with Gasteiger partial charge in [0.05, 0.1) is 37.0 Å². The van der Waals surface area contributed by atoms with E-state index >= 15 is 0 Å². The lowest BCUT2D eigenvalue weighted by Gasteiger charge is -2.47. The van der Waals surface area contributed by atoms with E-state index in [4.69, 9.17) is 0 Å². The molecule has 6 N–H and O–H groups in total. The smallest absolute Gasteiger partial charge is 0.244 e. The lowest BCUT2D eigenvalue weighted by atomic mass is 9.85. The summed E-state index contributed by atoms with van der Waals surface area (Å²) in [6.07, 6.45) is 8.05. The number of hydrogen-bond acceptors (Lipinski definition) is 10. The van der Waals surface area contributed by atoms with Gasteiger partial charge in [-0.3, -0.25) is 25.8 Å². The van der Waals surface area contributed by atoms with Crippen LogP contribution in [0.15, 0.2) is 30.4 Å². The first-order valence-corrected chi connectivity index (χ1v) is 15.0. The van der Waals surface area contributed by atoms with Gasteiger partial charge in [-0.1, -0.05) is 12.2 Å². The van der Waals surface area contributed by atoms with E-state index in [1.165, 1.54) is 0 Å². The van der Waals surface area contributed by atoms with Gasteiger partial charge in [0.15, 0.2) is 0 Å². The van der Waals surface area contributed by atoms with E-state index in [-0.39, 0.29) is 43.1 Å². The highest BCUT2D eigenvalue weighted by molar-refractivity contribution is 5.82. The predicted molar refractivity (Wildman–Crippen MR) is 155 cm³/mol. The van der Waals surface area contributed by atoms with Crippen molar-refractivity contribution >= 4 is 17.3 Å². The number of nitrogens with zero attached hydrogens (tertiary/aromatic N) is 4. The van der Waals surface area contributed by atoms with Gasteiger partial charge in [0, 0.05) is 55.7 Å². The van der Waals surface area contributed by atoms with Crippen molar-refractivity contribution in [3.05, 3.63) is 35.9 Å². The highest BCUT2D eigenvalue weighted by atomic mass is 16.3. The third kappa shape index (κ3) is 5.48. The minimum absolute atomic E-state index is 0.0138. The van der Waals surface area contributed by atoms with Crippen molar-refractivity contribution in [2.24, 2.45) is 5.92 Å². The van der Waals surface area contributed by atoms with E-state index in [0.717, 1.165) is 68.8 Å². The number of rotatable bonds is 4. The second-order valence-electron chi connectivity index (χ2n) is 12.3. The summed E-state index contributed by atoms with van der Waals surface area (Å²) < 4.78 is 0. The van der Waals surface area contributed by atoms with Gasteiger partial charge in [0.25, 0.3) is 0 Å². The molecule has 5 heterocycles. The molecule has 4 saturated heterocycles. The Morgan fingerprint density at radius 3 is 2.75 bits per heavy atom. The molecule has 40 heavy (non-hydrogen) atoms. The summed E-state index contributed by atoms with van der Waals surface area (Å²) in [6, 6.07) is 6.19. The monoisotopic (exact) mass is 554 g/mol. The average molecular weight is 555 g/mol. The van der Waals surface area contributed by atoms with Crippen LogP contribution in [0.25, 0.3) is 0 Å². The predicted octanol–water partition coefficient (Wildman–Crippen LogP) is 0.390. The molecule has 11 heteroatoms. The summed E-state index contributed by atoms with van der Waals surface area (Å²) in [5, 5.41) is 39.9. The summed E-state index contributed by atoms with van der Waals surface area (Å²) in [6.45, 7) is 6.94. The van der Waals surface area contributed by atoms with Crippen LogP contribution in [0.3, 0.4) is 0 Å². The van der Waals surface area contributed by atoms with Crippen molar-refractivity contribution in [1.29, 1.82) is 0 Å². The van der Waals surface area contributed by atoms with Gasteiger partial charge in [0.2, 0.25) is 5.91 Å². The molecule has 1 aromatic rings. The average Bonchev–Trinajstić information content (AvgIpc) is 3.23. The molecule has 220 valence electrons. The molecule has 0 saturated carbocycles. The van der Waals surface area contributed by atoms with Gasteiger partial charge in [-0.15, -0.1) is 0 Å². The Labute approximate surface area is 237 Å². The van der Waals surface area contributed by atoms with Gasteiger partial charge in [-0.05, 0) is 64.3 Å². The zero-order chi connectivity index (χ0) is 27.9. The summed E-state index contributed by atoms with van der Waals surface area (Å²) in [7, 11) is 2.14. The number of likely N-dealkylation sites (N-methyl/N-ethyl adjacent to an activating group) is 1. The van der Waals surface area contributed by atoms with Crippen LogP contribution in [0.5, 0.6) is 0 Å². The number of anilines is 2. The molecule has 5 unspecified atom stereocenters. The van der Waals surface area contributed by atoms with Gasteiger partial charge in [-0.2, -0.15) is 5.01 Å². The number of nitrogens with one attached hydrogen (secondary N) is 4. The van der Waals surface area contributed by atoms with Crippen molar-refractivity contribution in [3.8, 4) is 0 Å². The molecule has 5 aliphatic heterocycles. The Bertz CT molecular complexity index is 1090. The normalized spacial score (nSPS) is 36.5. The highest BCUT2D eigenvalue weighted by Crippen LogP contribution is 2.34. The quantitative estimate of drug-likeness (QED) is 0.292. The zero-order valence-corrected chi connectivity index (χ0v) is 23.9. The molecule has 0 spiro atoms. The maximum atomic E-state index is 13.6. The Hall–Kier alpha value is -2.25. The first-order valence-electron chi connectivity index (χ1n) is 15.0. The van der Waals surface area contributed by atoms with Crippen LogP contribution in [-0.4, -0.2) is 108 Å². The first-order chi connectivity index (χ1) is 19.3. The highest BCUT2D eigenvalue weighted by Gasteiger charge is 2.52. The van der Waals surface area contributed by atoms with Gasteiger partial charge in [0.1, 0.15) is 6.29 Å². The third-order valence-corrected chi connectivity index (χ3v) is 9.50. The third-order valence-electron chi connectivity index (χ3n) is 9.50. The topological polar surface area (TPSA) is 119 Å². The van der Waals surface area contributed by atoms with E-state index in [9.17, 15) is 15.0 Å². The number of hydrazine groups is 1. The SMILES string of the molecule is CN1CCN(c2ccc(NC3NCC4C(=O)N5C/C=C\CC[C@@](C)(O)C6CCCC(N6)N5C4N3)cc2CO)CC1. The first kappa shape index (κ1) is 27.9. The van der Waals surface area contributed by atoms with E-state index in [0.29, 0.717) is 19.5 Å². The van der Waals surface area contributed by atoms with Crippen molar-refractivity contribution in [2.45, 2.75) is 75.9 Å². The maximum absolute atomic E-state index is 13.6. The molecule has 1 aromatic carbocycles.